The third-order valence-electron chi connectivity index (χ3n) is 4.99. The second kappa shape index (κ2) is 7.41. The Hall–Kier alpha value is -2.47. The Morgan fingerprint density at radius 3 is 2.58 bits per heavy atom. The first-order valence-electron chi connectivity index (χ1n) is 8.84. The highest BCUT2D eigenvalue weighted by Gasteiger charge is 2.23. The molecule has 0 atom stereocenters. The average Bonchev–Trinajstić information content (AvgIpc) is 2.58. The number of nitrogens with zero attached hydrogens (tertiary/aromatic N) is 3. The van der Waals surface area contributed by atoms with E-state index in [1.807, 2.05) is 26.8 Å². The number of aryl methyl sites for hydroxylation is 1. The van der Waals surface area contributed by atoms with Crippen molar-refractivity contribution in [3.63, 3.8) is 0 Å². The van der Waals surface area contributed by atoms with Gasteiger partial charge in [0.15, 0.2) is 0 Å². The quantitative estimate of drug-likeness (QED) is 0.915. The molecule has 0 unspecified atom stereocenters. The highest BCUT2D eigenvalue weighted by Crippen LogP contribution is 2.23. The van der Waals surface area contributed by atoms with E-state index < -0.39 is 0 Å². The molecule has 2 aromatic rings. The maximum atomic E-state index is 13.3. The van der Waals surface area contributed by atoms with Crippen LogP contribution in [-0.4, -0.2) is 41.3 Å². The summed E-state index contributed by atoms with van der Waals surface area (Å²) in [5.41, 5.74) is 5.12. The van der Waals surface area contributed by atoms with Crippen LogP contribution in [0.15, 0.2) is 29.6 Å². The first-order valence-corrected chi connectivity index (χ1v) is 8.84. The van der Waals surface area contributed by atoms with Gasteiger partial charge >= 0.3 is 0 Å². The monoisotopic (exact) mass is 356 g/mol. The third-order valence-corrected chi connectivity index (χ3v) is 4.99. The van der Waals surface area contributed by atoms with Gasteiger partial charge in [0.1, 0.15) is 11.5 Å². The summed E-state index contributed by atoms with van der Waals surface area (Å²) in [6, 6.07) is 4.94. The summed E-state index contributed by atoms with van der Waals surface area (Å²) in [6.45, 7) is 13.7. The Labute approximate surface area is 153 Å². The molecule has 6 heteroatoms. The van der Waals surface area contributed by atoms with E-state index in [1.54, 1.807) is 6.07 Å². The van der Waals surface area contributed by atoms with Crippen LogP contribution < -0.4 is 10.5 Å². The lowest BCUT2D eigenvalue weighted by Gasteiger charge is -2.36. The van der Waals surface area contributed by atoms with Crippen LogP contribution in [0.25, 0.3) is 5.57 Å². The highest BCUT2D eigenvalue weighted by molar-refractivity contribution is 5.67. The van der Waals surface area contributed by atoms with Crippen LogP contribution in [0.1, 0.15) is 29.3 Å². The Balaban J connectivity index is 1.72. The number of hydrogen-bond acceptors (Lipinski definition) is 4. The zero-order valence-corrected chi connectivity index (χ0v) is 15.6. The molecule has 26 heavy (non-hydrogen) atoms. The predicted octanol–water partition coefficient (Wildman–Crippen LogP) is 2.88. The van der Waals surface area contributed by atoms with Crippen LogP contribution in [0.3, 0.4) is 0 Å². The number of nitrogens with one attached hydrogen (secondary N) is 1. The first-order chi connectivity index (χ1) is 12.4. The van der Waals surface area contributed by atoms with Gasteiger partial charge in [0.05, 0.1) is 5.69 Å². The fraction of sp³-hybridized carbons (Fsp3) is 0.400. The van der Waals surface area contributed by atoms with E-state index in [0.29, 0.717) is 5.69 Å². The number of piperazine rings is 1. The molecule has 0 aliphatic carbocycles. The van der Waals surface area contributed by atoms with Gasteiger partial charge < -0.3 is 4.90 Å². The van der Waals surface area contributed by atoms with E-state index in [9.17, 15) is 9.18 Å². The van der Waals surface area contributed by atoms with Crippen LogP contribution >= 0.6 is 0 Å². The average molecular weight is 356 g/mol. The molecule has 0 amide bonds. The SMILES string of the molecule is C=C(C)c1n[nH]c(=O)c(N2CCN(Cc3ccc(F)cc3C)CC2)c1C. The van der Waals surface area contributed by atoms with Gasteiger partial charge in [-0.3, -0.25) is 9.69 Å². The number of halogens is 1. The molecule has 1 fully saturated rings. The lowest BCUT2D eigenvalue weighted by Crippen LogP contribution is -2.48. The number of benzene rings is 1. The fourth-order valence-electron chi connectivity index (χ4n) is 3.53. The van der Waals surface area contributed by atoms with Gasteiger partial charge in [-0.1, -0.05) is 12.6 Å². The molecule has 5 nitrogen and oxygen atoms in total. The standard InChI is InChI=1S/C20H25FN4O/c1-13(2)18-15(4)19(20(26)23-22-18)25-9-7-24(8-10-25)12-16-5-6-17(21)11-14(16)3/h5-6,11H,1,7-10,12H2,2-4H3,(H,23,26). The van der Waals surface area contributed by atoms with Gasteiger partial charge in [-0.25, -0.2) is 9.49 Å². The molecule has 0 saturated carbocycles. The number of H-pyrrole nitrogens is 1. The highest BCUT2D eigenvalue weighted by atomic mass is 19.1. The van der Waals surface area contributed by atoms with E-state index in [-0.39, 0.29) is 11.4 Å². The molecule has 2 heterocycles. The molecular formula is C20H25FN4O. The minimum atomic E-state index is -0.197. The number of aromatic nitrogens is 2. The summed E-state index contributed by atoms with van der Waals surface area (Å²) < 4.78 is 13.3. The summed E-state index contributed by atoms with van der Waals surface area (Å²) in [6.07, 6.45) is 0. The number of aromatic amines is 1. The van der Waals surface area contributed by atoms with Crippen LogP contribution in [0.5, 0.6) is 0 Å². The van der Waals surface area contributed by atoms with Gasteiger partial charge in [0, 0.05) is 38.3 Å². The summed E-state index contributed by atoms with van der Waals surface area (Å²) in [5.74, 6) is -0.197. The van der Waals surface area contributed by atoms with Gasteiger partial charge in [-0.2, -0.15) is 5.10 Å². The topological polar surface area (TPSA) is 52.2 Å². The van der Waals surface area contributed by atoms with E-state index in [4.69, 9.17) is 0 Å². The number of rotatable bonds is 4. The molecule has 1 saturated heterocycles. The molecule has 3 rings (SSSR count). The van der Waals surface area contributed by atoms with Crippen molar-refractivity contribution < 1.29 is 4.39 Å². The van der Waals surface area contributed by atoms with Gasteiger partial charge in [-0.05, 0) is 49.6 Å². The van der Waals surface area contributed by atoms with E-state index >= 15 is 0 Å². The lowest BCUT2D eigenvalue weighted by atomic mass is 10.1. The zero-order valence-electron chi connectivity index (χ0n) is 15.6. The molecule has 0 spiro atoms. The maximum Gasteiger partial charge on any atom is 0.288 e. The normalized spacial score (nSPS) is 15.3. The minimum Gasteiger partial charge on any atom is -0.364 e. The Morgan fingerprint density at radius 2 is 1.96 bits per heavy atom. The Kier molecular flexibility index (Phi) is 5.23. The number of allylic oxidation sites excluding steroid dienone is 1. The van der Waals surface area contributed by atoms with Crippen molar-refractivity contribution in [1.82, 2.24) is 15.1 Å². The number of hydrogen-bond donors (Lipinski definition) is 1. The molecular weight excluding hydrogens is 331 g/mol. The number of anilines is 1. The molecule has 0 radical (unpaired) electrons. The van der Waals surface area contributed by atoms with Crippen molar-refractivity contribution in [2.45, 2.75) is 27.3 Å². The molecule has 0 bridgehead atoms. The third kappa shape index (κ3) is 3.70. The van der Waals surface area contributed by atoms with E-state index in [1.165, 1.54) is 6.07 Å². The summed E-state index contributed by atoms with van der Waals surface area (Å²) in [4.78, 5) is 16.8. The fourth-order valence-corrected chi connectivity index (χ4v) is 3.53. The zero-order chi connectivity index (χ0) is 18.8. The smallest absolute Gasteiger partial charge is 0.288 e. The Bertz CT molecular complexity index is 882. The van der Waals surface area contributed by atoms with Gasteiger partial charge in [0.2, 0.25) is 0 Å². The van der Waals surface area contributed by atoms with E-state index in [0.717, 1.165) is 60.7 Å². The summed E-state index contributed by atoms with van der Waals surface area (Å²) in [7, 11) is 0. The van der Waals surface area contributed by atoms with Gasteiger partial charge in [-0.15, -0.1) is 0 Å². The van der Waals surface area contributed by atoms with E-state index in [2.05, 4.69) is 26.6 Å². The van der Waals surface area contributed by atoms with Crippen LogP contribution in [0.4, 0.5) is 10.1 Å². The van der Waals surface area contributed by atoms with Gasteiger partial charge in [0.25, 0.3) is 5.56 Å². The first kappa shape index (κ1) is 18.3. The summed E-state index contributed by atoms with van der Waals surface area (Å²) >= 11 is 0. The van der Waals surface area contributed by atoms with Crippen molar-refractivity contribution in [3.8, 4) is 0 Å². The van der Waals surface area contributed by atoms with Crippen molar-refractivity contribution in [2.24, 2.45) is 0 Å². The van der Waals surface area contributed by atoms with Crippen LogP contribution in [0, 0.1) is 19.7 Å². The molecule has 1 aromatic carbocycles. The maximum absolute atomic E-state index is 13.3. The second-order valence-corrected chi connectivity index (χ2v) is 6.99. The van der Waals surface area contributed by atoms with Crippen molar-refractivity contribution in [2.75, 3.05) is 31.1 Å². The molecule has 1 aromatic heterocycles. The molecule has 1 N–H and O–H groups in total. The van der Waals surface area contributed by atoms with Crippen LogP contribution in [-0.2, 0) is 6.54 Å². The summed E-state index contributed by atoms with van der Waals surface area (Å²) in [5, 5.41) is 6.71. The lowest BCUT2D eigenvalue weighted by molar-refractivity contribution is 0.249. The second-order valence-electron chi connectivity index (χ2n) is 6.99. The molecule has 1 aliphatic rings. The predicted molar refractivity (Wildman–Crippen MR) is 103 cm³/mol. The minimum absolute atomic E-state index is 0.157. The van der Waals surface area contributed by atoms with Crippen molar-refractivity contribution in [1.29, 1.82) is 0 Å². The Morgan fingerprint density at radius 1 is 1.27 bits per heavy atom. The largest absolute Gasteiger partial charge is 0.364 e. The molecule has 138 valence electrons. The van der Waals surface area contributed by atoms with Crippen LogP contribution in [0.2, 0.25) is 0 Å². The van der Waals surface area contributed by atoms with Crippen molar-refractivity contribution in [3.05, 3.63) is 63.3 Å². The van der Waals surface area contributed by atoms with Crippen molar-refractivity contribution >= 4 is 11.3 Å². The molecule has 1 aliphatic heterocycles.